The highest BCUT2D eigenvalue weighted by Crippen LogP contribution is 2.27. The van der Waals surface area contributed by atoms with Gasteiger partial charge in [0.2, 0.25) is 5.91 Å². The molecule has 0 heterocycles. The number of carbonyl (C=O) groups excluding carboxylic acids is 1. The average Bonchev–Trinajstić information content (AvgIpc) is 2.12. The standard InChI is InChI=1S/C13H25NO3/c1-9(13(3,4)5)8-11(15)14-10(2)6-7-12(16)17/h9-10H,6-8H2,1-5H3,(H,14,15)(H,16,17). The van der Waals surface area contributed by atoms with Crippen molar-refractivity contribution in [3.8, 4) is 0 Å². The Bertz CT molecular complexity index is 268. The van der Waals surface area contributed by atoms with E-state index in [4.69, 9.17) is 5.11 Å². The van der Waals surface area contributed by atoms with Gasteiger partial charge in [-0.1, -0.05) is 27.7 Å². The molecular weight excluding hydrogens is 218 g/mol. The van der Waals surface area contributed by atoms with E-state index in [0.29, 0.717) is 18.8 Å². The molecule has 2 N–H and O–H groups in total. The van der Waals surface area contributed by atoms with Crippen molar-refractivity contribution in [2.45, 2.75) is 59.9 Å². The summed E-state index contributed by atoms with van der Waals surface area (Å²) in [7, 11) is 0. The zero-order valence-corrected chi connectivity index (χ0v) is 11.5. The van der Waals surface area contributed by atoms with Gasteiger partial charge in [-0.15, -0.1) is 0 Å². The van der Waals surface area contributed by atoms with Crippen molar-refractivity contribution in [3.63, 3.8) is 0 Å². The van der Waals surface area contributed by atoms with Crippen molar-refractivity contribution >= 4 is 11.9 Å². The van der Waals surface area contributed by atoms with Crippen LogP contribution >= 0.6 is 0 Å². The summed E-state index contributed by atoms with van der Waals surface area (Å²) in [6.07, 6.45) is 1.06. The van der Waals surface area contributed by atoms with Crippen LogP contribution in [-0.4, -0.2) is 23.0 Å². The first-order valence-electron chi connectivity index (χ1n) is 6.14. The van der Waals surface area contributed by atoms with Crippen LogP contribution in [0.2, 0.25) is 0 Å². The maximum absolute atomic E-state index is 11.7. The normalized spacial score (nSPS) is 15.1. The van der Waals surface area contributed by atoms with E-state index in [0.717, 1.165) is 0 Å². The quantitative estimate of drug-likeness (QED) is 0.753. The predicted octanol–water partition coefficient (Wildman–Crippen LogP) is 2.43. The molecule has 0 bridgehead atoms. The molecule has 100 valence electrons. The molecule has 0 aromatic rings. The van der Waals surface area contributed by atoms with Gasteiger partial charge >= 0.3 is 5.97 Å². The molecule has 0 aromatic heterocycles. The van der Waals surface area contributed by atoms with Crippen LogP contribution in [0.25, 0.3) is 0 Å². The van der Waals surface area contributed by atoms with E-state index < -0.39 is 5.97 Å². The summed E-state index contributed by atoms with van der Waals surface area (Å²) < 4.78 is 0. The van der Waals surface area contributed by atoms with E-state index in [1.807, 2.05) is 6.92 Å². The van der Waals surface area contributed by atoms with Gasteiger partial charge in [0.25, 0.3) is 0 Å². The molecule has 0 aliphatic carbocycles. The Morgan fingerprint density at radius 3 is 2.18 bits per heavy atom. The first kappa shape index (κ1) is 15.9. The highest BCUT2D eigenvalue weighted by atomic mass is 16.4. The van der Waals surface area contributed by atoms with Crippen LogP contribution in [0, 0.1) is 11.3 Å². The molecule has 0 aliphatic heterocycles. The number of carbonyl (C=O) groups is 2. The van der Waals surface area contributed by atoms with Crippen molar-refractivity contribution in [1.29, 1.82) is 0 Å². The lowest BCUT2D eigenvalue weighted by atomic mass is 9.80. The highest BCUT2D eigenvalue weighted by molar-refractivity contribution is 5.76. The van der Waals surface area contributed by atoms with E-state index in [1.165, 1.54) is 0 Å². The third-order valence-electron chi connectivity index (χ3n) is 3.17. The average molecular weight is 243 g/mol. The van der Waals surface area contributed by atoms with Crippen LogP contribution in [-0.2, 0) is 9.59 Å². The largest absolute Gasteiger partial charge is 0.481 e. The Morgan fingerprint density at radius 2 is 1.76 bits per heavy atom. The first-order valence-corrected chi connectivity index (χ1v) is 6.14. The third kappa shape index (κ3) is 7.77. The number of nitrogens with one attached hydrogen (secondary N) is 1. The van der Waals surface area contributed by atoms with Gasteiger partial charge in [-0.25, -0.2) is 0 Å². The van der Waals surface area contributed by atoms with Gasteiger partial charge < -0.3 is 10.4 Å². The number of hydrogen-bond donors (Lipinski definition) is 2. The minimum absolute atomic E-state index is 0.00492. The third-order valence-corrected chi connectivity index (χ3v) is 3.17. The number of rotatable bonds is 6. The van der Waals surface area contributed by atoms with E-state index in [9.17, 15) is 9.59 Å². The molecule has 17 heavy (non-hydrogen) atoms. The maximum Gasteiger partial charge on any atom is 0.303 e. The van der Waals surface area contributed by atoms with Crippen molar-refractivity contribution in [2.75, 3.05) is 0 Å². The van der Waals surface area contributed by atoms with Gasteiger partial charge in [-0.2, -0.15) is 0 Å². The summed E-state index contributed by atoms with van der Waals surface area (Å²) in [6, 6.07) is -0.0780. The van der Waals surface area contributed by atoms with Crippen molar-refractivity contribution < 1.29 is 14.7 Å². The van der Waals surface area contributed by atoms with Crippen molar-refractivity contribution in [2.24, 2.45) is 11.3 Å². The molecule has 0 aliphatic rings. The zero-order chi connectivity index (χ0) is 13.6. The minimum atomic E-state index is -0.825. The topological polar surface area (TPSA) is 66.4 Å². The second-order valence-electron chi connectivity index (χ2n) is 5.87. The van der Waals surface area contributed by atoms with Crippen LogP contribution in [0.4, 0.5) is 0 Å². The Balaban J connectivity index is 3.97. The lowest BCUT2D eigenvalue weighted by Gasteiger charge is -2.27. The van der Waals surface area contributed by atoms with Gasteiger partial charge in [0.15, 0.2) is 0 Å². The summed E-state index contributed by atoms with van der Waals surface area (Å²) in [5.74, 6) is -0.520. The highest BCUT2D eigenvalue weighted by Gasteiger charge is 2.23. The molecule has 0 radical (unpaired) electrons. The maximum atomic E-state index is 11.7. The summed E-state index contributed by atoms with van der Waals surface area (Å²) in [5, 5.41) is 11.4. The fourth-order valence-electron chi connectivity index (χ4n) is 1.33. The van der Waals surface area contributed by atoms with E-state index in [-0.39, 0.29) is 23.8 Å². The molecule has 0 saturated heterocycles. The second-order valence-corrected chi connectivity index (χ2v) is 5.87. The molecule has 0 aromatic carbocycles. The van der Waals surface area contributed by atoms with Crippen LogP contribution in [0.3, 0.4) is 0 Å². The molecule has 4 nitrogen and oxygen atoms in total. The molecule has 0 rings (SSSR count). The predicted molar refractivity (Wildman–Crippen MR) is 67.7 cm³/mol. The zero-order valence-electron chi connectivity index (χ0n) is 11.5. The Kier molecular flexibility index (Phi) is 6.21. The second kappa shape index (κ2) is 6.62. The number of amides is 1. The molecule has 0 spiro atoms. The number of hydrogen-bond acceptors (Lipinski definition) is 2. The van der Waals surface area contributed by atoms with Crippen LogP contribution in [0.1, 0.15) is 53.9 Å². The monoisotopic (exact) mass is 243 g/mol. The van der Waals surface area contributed by atoms with Gasteiger partial charge in [0.05, 0.1) is 0 Å². The van der Waals surface area contributed by atoms with E-state index in [1.54, 1.807) is 0 Å². The van der Waals surface area contributed by atoms with Gasteiger partial charge in [-0.05, 0) is 24.7 Å². The smallest absolute Gasteiger partial charge is 0.303 e. The van der Waals surface area contributed by atoms with Gasteiger partial charge in [-0.3, -0.25) is 9.59 Å². The lowest BCUT2D eigenvalue weighted by Crippen LogP contribution is -2.35. The minimum Gasteiger partial charge on any atom is -0.481 e. The Labute approximate surface area is 104 Å². The Morgan fingerprint density at radius 1 is 1.24 bits per heavy atom. The Hall–Kier alpha value is -1.06. The molecular formula is C13H25NO3. The fraction of sp³-hybridized carbons (Fsp3) is 0.846. The number of aliphatic carboxylic acids is 1. The fourth-order valence-corrected chi connectivity index (χ4v) is 1.33. The van der Waals surface area contributed by atoms with E-state index >= 15 is 0 Å². The summed E-state index contributed by atoms with van der Waals surface area (Å²) >= 11 is 0. The van der Waals surface area contributed by atoms with Crippen molar-refractivity contribution in [1.82, 2.24) is 5.32 Å². The van der Waals surface area contributed by atoms with Crippen molar-refractivity contribution in [3.05, 3.63) is 0 Å². The summed E-state index contributed by atoms with van der Waals surface area (Å²) in [6.45, 7) is 10.2. The molecule has 0 fully saturated rings. The van der Waals surface area contributed by atoms with Crippen LogP contribution in [0.15, 0.2) is 0 Å². The van der Waals surface area contributed by atoms with E-state index in [2.05, 4.69) is 33.0 Å². The molecule has 4 heteroatoms. The SMILES string of the molecule is CC(CCC(=O)O)NC(=O)CC(C)C(C)(C)C. The summed E-state index contributed by atoms with van der Waals surface area (Å²) in [5.41, 5.74) is 0.113. The molecule has 0 saturated carbocycles. The number of carboxylic acid groups (broad SMARTS) is 1. The van der Waals surface area contributed by atoms with Gasteiger partial charge in [0, 0.05) is 18.9 Å². The van der Waals surface area contributed by atoms with Crippen LogP contribution < -0.4 is 5.32 Å². The number of carboxylic acids is 1. The molecule has 2 atom stereocenters. The van der Waals surface area contributed by atoms with Crippen LogP contribution in [0.5, 0.6) is 0 Å². The molecule has 2 unspecified atom stereocenters. The first-order chi connectivity index (χ1) is 7.62. The lowest BCUT2D eigenvalue weighted by molar-refractivity contribution is -0.137. The summed E-state index contributed by atoms with van der Waals surface area (Å²) in [4.78, 5) is 22.1. The van der Waals surface area contributed by atoms with Gasteiger partial charge in [0.1, 0.15) is 0 Å². The molecule has 1 amide bonds.